The first-order valence-corrected chi connectivity index (χ1v) is 7.40. The van der Waals surface area contributed by atoms with Gasteiger partial charge < -0.3 is 5.73 Å². The molecular formula is C12H17FN2O2S. The molecule has 0 unspecified atom stereocenters. The Kier molecular flexibility index (Phi) is 3.59. The number of hydrogen-bond donors (Lipinski definition) is 1. The molecular weight excluding hydrogens is 255 g/mol. The molecule has 1 aliphatic rings. The number of halogens is 1. The van der Waals surface area contributed by atoms with E-state index in [0.29, 0.717) is 0 Å². The molecule has 2 rings (SSSR count). The lowest BCUT2D eigenvalue weighted by Gasteiger charge is -2.23. The van der Waals surface area contributed by atoms with Crippen molar-refractivity contribution in [3.63, 3.8) is 0 Å². The zero-order valence-corrected chi connectivity index (χ0v) is 11.1. The monoisotopic (exact) mass is 272 g/mol. The maximum atomic E-state index is 13.7. The predicted molar refractivity (Wildman–Crippen MR) is 68.0 cm³/mol. The molecule has 4 nitrogen and oxygen atoms in total. The highest BCUT2D eigenvalue weighted by molar-refractivity contribution is 7.89. The summed E-state index contributed by atoms with van der Waals surface area (Å²) in [5.41, 5.74) is 5.77. The van der Waals surface area contributed by atoms with Crippen LogP contribution >= 0.6 is 0 Å². The highest BCUT2D eigenvalue weighted by atomic mass is 32.2. The van der Waals surface area contributed by atoms with E-state index in [1.807, 2.05) is 0 Å². The summed E-state index contributed by atoms with van der Waals surface area (Å²) in [4.78, 5) is -0.336. The maximum absolute atomic E-state index is 13.7. The third kappa shape index (κ3) is 2.35. The summed E-state index contributed by atoms with van der Waals surface area (Å²) in [6.45, 7) is 0. The minimum Gasteiger partial charge on any atom is -0.399 e. The standard InChI is InChI=1S/C12H17FN2O2S/c1-15(10-4-2-3-5-10)18(16,17)12-8-9(14)6-7-11(12)13/h6-8,10H,2-5,14H2,1H3. The number of nitrogen functional groups attached to an aromatic ring is 1. The fourth-order valence-corrected chi connectivity index (χ4v) is 3.85. The summed E-state index contributed by atoms with van der Waals surface area (Å²) in [5, 5.41) is 0. The van der Waals surface area contributed by atoms with Crippen LogP contribution in [0, 0.1) is 5.82 Å². The van der Waals surface area contributed by atoms with Crippen molar-refractivity contribution in [3.8, 4) is 0 Å². The average Bonchev–Trinajstić information content (AvgIpc) is 2.84. The molecule has 1 saturated carbocycles. The van der Waals surface area contributed by atoms with Gasteiger partial charge in [-0.3, -0.25) is 0 Å². The summed E-state index contributed by atoms with van der Waals surface area (Å²) in [7, 11) is -2.29. The highest BCUT2D eigenvalue weighted by Gasteiger charge is 2.31. The van der Waals surface area contributed by atoms with Crippen LogP contribution in [0.3, 0.4) is 0 Å². The minimum atomic E-state index is -3.80. The zero-order chi connectivity index (χ0) is 13.3. The lowest BCUT2D eigenvalue weighted by molar-refractivity contribution is 0.371. The van der Waals surface area contributed by atoms with E-state index < -0.39 is 15.8 Å². The van der Waals surface area contributed by atoms with Crippen molar-refractivity contribution in [1.29, 1.82) is 0 Å². The van der Waals surface area contributed by atoms with Crippen molar-refractivity contribution < 1.29 is 12.8 Å². The first-order chi connectivity index (χ1) is 8.43. The van der Waals surface area contributed by atoms with Gasteiger partial charge in [-0.1, -0.05) is 12.8 Å². The van der Waals surface area contributed by atoms with Crippen molar-refractivity contribution in [3.05, 3.63) is 24.0 Å². The SMILES string of the molecule is CN(C1CCCC1)S(=O)(=O)c1cc(N)ccc1F. The summed E-state index contributed by atoms with van der Waals surface area (Å²) in [5.74, 6) is -0.756. The molecule has 0 bridgehead atoms. The summed E-state index contributed by atoms with van der Waals surface area (Å²) < 4.78 is 39.6. The topological polar surface area (TPSA) is 63.4 Å². The average molecular weight is 272 g/mol. The zero-order valence-electron chi connectivity index (χ0n) is 10.3. The lowest BCUT2D eigenvalue weighted by atomic mass is 10.3. The molecule has 1 fully saturated rings. The van der Waals surface area contributed by atoms with Gasteiger partial charge >= 0.3 is 0 Å². The second kappa shape index (κ2) is 4.85. The van der Waals surface area contributed by atoms with Crippen molar-refractivity contribution in [2.75, 3.05) is 12.8 Å². The molecule has 0 saturated heterocycles. The molecule has 1 aromatic carbocycles. The molecule has 1 aliphatic carbocycles. The molecule has 0 aromatic heterocycles. The van der Waals surface area contributed by atoms with Gasteiger partial charge in [-0.05, 0) is 31.0 Å². The summed E-state index contributed by atoms with van der Waals surface area (Å²) in [6.07, 6.45) is 3.70. The van der Waals surface area contributed by atoms with Gasteiger partial charge in [-0.25, -0.2) is 12.8 Å². The Morgan fingerprint density at radius 1 is 1.33 bits per heavy atom. The Morgan fingerprint density at radius 3 is 2.56 bits per heavy atom. The number of anilines is 1. The van der Waals surface area contributed by atoms with E-state index in [9.17, 15) is 12.8 Å². The van der Waals surface area contributed by atoms with Crippen molar-refractivity contribution in [2.45, 2.75) is 36.6 Å². The van der Waals surface area contributed by atoms with Crippen LogP contribution in [0.4, 0.5) is 10.1 Å². The first-order valence-electron chi connectivity index (χ1n) is 5.96. The number of nitrogens with zero attached hydrogens (tertiary/aromatic N) is 1. The lowest BCUT2D eigenvalue weighted by Crippen LogP contribution is -2.35. The van der Waals surface area contributed by atoms with Crippen LogP contribution in [-0.2, 0) is 10.0 Å². The predicted octanol–water partition coefficient (Wildman–Crippen LogP) is 1.97. The Bertz CT molecular complexity index is 539. The molecule has 0 heterocycles. The van der Waals surface area contributed by atoms with E-state index in [0.717, 1.165) is 31.7 Å². The van der Waals surface area contributed by atoms with Crippen molar-refractivity contribution in [2.24, 2.45) is 0 Å². The fourth-order valence-electron chi connectivity index (χ4n) is 2.34. The number of nitrogens with two attached hydrogens (primary N) is 1. The van der Waals surface area contributed by atoms with Crippen LogP contribution in [0.2, 0.25) is 0 Å². The Labute approximate surface area is 107 Å². The normalized spacial score (nSPS) is 17.5. The van der Waals surface area contributed by atoms with E-state index in [4.69, 9.17) is 5.73 Å². The number of rotatable bonds is 3. The highest BCUT2D eigenvalue weighted by Crippen LogP contribution is 2.28. The molecule has 0 spiro atoms. The molecule has 100 valence electrons. The van der Waals surface area contributed by atoms with Crippen LogP contribution in [0.1, 0.15) is 25.7 Å². The van der Waals surface area contributed by atoms with Crippen LogP contribution < -0.4 is 5.73 Å². The van der Waals surface area contributed by atoms with E-state index >= 15 is 0 Å². The van der Waals surface area contributed by atoms with E-state index in [2.05, 4.69) is 0 Å². The van der Waals surface area contributed by atoms with Gasteiger partial charge in [0.15, 0.2) is 0 Å². The van der Waals surface area contributed by atoms with E-state index in [1.54, 1.807) is 0 Å². The van der Waals surface area contributed by atoms with Gasteiger partial charge in [0.1, 0.15) is 10.7 Å². The summed E-state index contributed by atoms with van der Waals surface area (Å²) >= 11 is 0. The van der Waals surface area contributed by atoms with Crippen LogP contribution in [0.15, 0.2) is 23.1 Å². The van der Waals surface area contributed by atoms with Gasteiger partial charge in [-0.15, -0.1) is 0 Å². The maximum Gasteiger partial charge on any atom is 0.246 e. The quantitative estimate of drug-likeness (QED) is 0.856. The van der Waals surface area contributed by atoms with Gasteiger partial charge in [0.2, 0.25) is 10.0 Å². The first kappa shape index (κ1) is 13.3. The van der Waals surface area contributed by atoms with Gasteiger partial charge in [-0.2, -0.15) is 4.31 Å². The molecule has 18 heavy (non-hydrogen) atoms. The van der Waals surface area contributed by atoms with Gasteiger partial charge in [0.05, 0.1) is 0 Å². The third-order valence-electron chi connectivity index (χ3n) is 3.45. The van der Waals surface area contributed by atoms with Gasteiger partial charge in [0.25, 0.3) is 0 Å². The number of sulfonamides is 1. The molecule has 1 aromatic rings. The smallest absolute Gasteiger partial charge is 0.246 e. The second-order valence-electron chi connectivity index (χ2n) is 4.65. The second-order valence-corrected chi connectivity index (χ2v) is 6.62. The van der Waals surface area contributed by atoms with Crippen LogP contribution in [0.25, 0.3) is 0 Å². The fraction of sp³-hybridized carbons (Fsp3) is 0.500. The largest absolute Gasteiger partial charge is 0.399 e. The molecule has 0 atom stereocenters. The molecule has 6 heteroatoms. The molecule has 0 radical (unpaired) electrons. The van der Waals surface area contributed by atoms with Crippen molar-refractivity contribution in [1.82, 2.24) is 4.31 Å². The Morgan fingerprint density at radius 2 is 1.94 bits per heavy atom. The van der Waals surface area contributed by atoms with Crippen LogP contribution in [0.5, 0.6) is 0 Å². The van der Waals surface area contributed by atoms with Gasteiger partial charge in [0, 0.05) is 18.8 Å². The number of hydrogen-bond acceptors (Lipinski definition) is 3. The number of benzene rings is 1. The van der Waals surface area contributed by atoms with Crippen molar-refractivity contribution >= 4 is 15.7 Å². The minimum absolute atomic E-state index is 0.0316. The Balaban J connectivity index is 2.37. The third-order valence-corrected chi connectivity index (χ3v) is 5.38. The Hall–Kier alpha value is -1.14. The molecule has 2 N–H and O–H groups in total. The van der Waals surface area contributed by atoms with E-state index in [-0.39, 0.29) is 16.6 Å². The molecule has 0 amide bonds. The van der Waals surface area contributed by atoms with E-state index in [1.165, 1.54) is 23.5 Å². The molecule has 0 aliphatic heterocycles. The van der Waals surface area contributed by atoms with Crippen LogP contribution in [-0.4, -0.2) is 25.8 Å². The summed E-state index contributed by atoms with van der Waals surface area (Å²) in [6, 6.07) is 3.58.